The van der Waals surface area contributed by atoms with Crippen molar-refractivity contribution < 1.29 is 19.7 Å². The quantitative estimate of drug-likeness (QED) is 0.159. The normalized spacial score (nSPS) is 27.9. The van der Waals surface area contributed by atoms with Crippen molar-refractivity contribution in [1.82, 2.24) is 0 Å². The number of aliphatic hydroxyl groups is 2. The smallest absolute Gasteiger partial charge is 0.333 e. The van der Waals surface area contributed by atoms with Crippen molar-refractivity contribution in [2.45, 2.75) is 155 Å². The van der Waals surface area contributed by atoms with E-state index in [0.29, 0.717) is 24.5 Å². The molecule has 3 fully saturated rings. The SMILES string of the molecule is CCCCCCCCCCCCCCCC(O)C(N=C1C[C@@H]2C[C@@H](C2(C)C)[C@]1(C)O)C(=O)OCC. The minimum absolute atomic E-state index is 0.0925. The van der Waals surface area contributed by atoms with Crippen molar-refractivity contribution in [3.05, 3.63) is 0 Å². The summed E-state index contributed by atoms with van der Waals surface area (Å²) in [5.74, 6) is 0.151. The van der Waals surface area contributed by atoms with Crippen LogP contribution >= 0.6 is 0 Å². The first-order valence-corrected chi connectivity index (χ1v) is 14.8. The van der Waals surface area contributed by atoms with Gasteiger partial charge in [-0.1, -0.05) is 104 Å². The van der Waals surface area contributed by atoms with Gasteiger partial charge in [0.1, 0.15) is 5.60 Å². The molecule has 204 valence electrons. The maximum Gasteiger partial charge on any atom is 0.333 e. The van der Waals surface area contributed by atoms with Crippen molar-refractivity contribution in [2.24, 2.45) is 22.2 Å². The van der Waals surface area contributed by atoms with Gasteiger partial charge in [-0.2, -0.15) is 0 Å². The Morgan fingerprint density at radius 1 is 0.943 bits per heavy atom. The second kappa shape index (κ2) is 14.7. The number of fused-ring (bicyclic) bond motifs is 2. The number of nitrogens with zero attached hydrogens (tertiary/aromatic N) is 1. The van der Waals surface area contributed by atoms with Gasteiger partial charge in [0, 0.05) is 5.71 Å². The summed E-state index contributed by atoms with van der Waals surface area (Å²) in [4.78, 5) is 17.3. The summed E-state index contributed by atoms with van der Waals surface area (Å²) in [5, 5.41) is 22.1. The molecule has 5 heteroatoms. The lowest BCUT2D eigenvalue weighted by molar-refractivity contribution is -0.148. The number of carbonyl (C=O) groups excluding carboxylic acids is 1. The lowest BCUT2D eigenvalue weighted by Crippen LogP contribution is -2.65. The van der Waals surface area contributed by atoms with Crippen LogP contribution in [0, 0.1) is 17.3 Å². The molecule has 0 aromatic rings. The fourth-order valence-corrected chi connectivity index (χ4v) is 6.36. The number of hydrogen-bond donors (Lipinski definition) is 2. The molecule has 2 bridgehead atoms. The molecule has 0 heterocycles. The van der Waals surface area contributed by atoms with Crippen molar-refractivity contribution in [3.8, 4) is 0 Å². The van der Waals surface area contributed by atoms with Gasteiger partial charge in [0.2, 0.25) is 0 Å². The Kier molecular flexibility index (Phi) is 12.7. The second-order valence-electron chi connectivity index (χ2n) is 12.0. The molecule has 2 N–H and O–H groups in total. The largest absolute Gasteiger partial charge is 0.464 e. The Hall–Kier alpha value is -0.940. The lowest BCUT2D eigenvalue weighted by Gasteiger charge is -2.62. The monoisotopic (exact) mass is 493 g/mol. The minimum atomic E-state index is -1.03. The third-order valence-corrected chi connectivity index (χ3v) is 8.96. The Balaban J connectivity index is 1.72. The fraction of sp³-hybridized carbons (Fsp3) is 0.933. The van der Waals surface area contributed by atoms with E-state index in [-0.39, 0.29) is 17.9 Å². The molecule has 3 aliphatic rings. The molecule has 3 saturated carbocycles. The van der Waals surface area contributed by atoms with E-state index < -0.39 is 23.7 Å². The molecular formula is C30H55NO4. The average molecular weight is 494 g/mol. The highest BCUT2D eigenvalue weighted by Gasteiger charge is 2.61. The standard InChI is InChI=1S/C30H55NO4/c1-6-8-9-10-11-12-13-14-15-16-17-18-19-20-24(32)27(28(33)35-7-2)31-26-22-23-21-25(29(23,3)4)30(26,5)34/h23-25,27,32,34H,6-22H2,1-5H3/t23-,24?,25-,27?,30-/m0/s1. The summed E-state index contributed by atoms with van der Waals surface area (Å²) in [6.07, 6.45) is 18.0. The number of esters is 1. The van der Waals surface area contributed by atoms with Gasteiger partial charge >= 0.3 is 5.97 Å². The maximum absolute atomic E-state index is 12.7. The zero-order valence-corrected chi connectivity index (χ0v) is 23.5. The summed E-state index contributed by atoms with van der Waals surface area (Å²) in [7, 11) is 0. The maximum atomic E-state index is 12.7. The molecule has 0 saturated heterocycles. The highest BCUT2D eigenvalue weighted by Crippen LogP contribution is 2.61. The Bertz CT molecular complexity index is 657. The van der Waals surface area contributed by atoms with Crippen LogP contribution < -0.4 is 0 Å². The zero-order chi connectivity index (χ0) is 25.9. The minimum Gasteiger partial charge on any atom is -0.464 e. The molecule has 0 aromatic heterocycles. The lowest BCUT2D eigenvalue weighted by atomic mass is 9.44. The molecular weight excluding hydrogens is 438 g/mol. The van der Waals surface area contributed by atoms with Crippen LogP contribution in [0.3, 0.4) is 0 Å². The summed E-state index contributed by atoms with van der Waals surface area (Å²) >= 11 is 0. The number of aliphatic imine (C=N–C) groups is 1. The van der Waals surface area contributed by atoms with Crippen molar-refractivity contribution in [3.63, 3.8) is 0 Å². The van der Waals surface area contributed by atoms with Gasteiger partial charge in [0.15, 0.2) is 6.04 Å². The number of unbranched alkanes of at least 4 members (excludes halogenated alkanes) is 12. The third kappa shape index (κ3) is 8.55. The molecule has 0 amide bonds. The van der Waals surface area contributed by atoms with E-state index in [9.17, 15) is 15.0 Å². The van der Waals surface area contributed by atoms with Crippen LogP contribution in [-0.4, -0.2) is 46.2 Å². The third-order valence-electron chi connectivity index (χ3n) is 8.96. The van der Waals surface area contributed by atoms with E-state index in [1.54, 1.807) is 6.92 Å². The van der Waals surface area contributed by atoms with Gasteiger partial charge in [0.05, 0.1) is 12.7 Å². The van der Waals surface area contributed by atoms with E-state index >= 15 is 0 Å². The Morgan fingerprint density at radius 2 is 1.46 bits per heavy atom. The number of aliphatic hydroxyl groups excluding tert-OH is 1. The van der Waals surface area contributed by atoms with Gasteiger partial charge in [-0.05, 0) is 50.4 Å². The van der Waals surface area contributed by atoms with Gasteiger partial charge < -0.3 is 14.9 Å². The van der Waals surface area contributed by atoms with Gasteiger partial charge in [-0.15, -0.1) is 0 Å². The number of carbonyl (C=O) groups is 1. The zero-order valence-electron chi connectivity index (χ0n) is 23.5. The van der Waals surface area contributed by atoms with Crippen LogP contribution in [0.1, 0.15) is 137 Å². The van der Waals surface area contributed by atoms with E-state index in [1.807, 2.05) is 6.92 Å². The second-order valence-corrected chi connectivity index (χ2v) is 12.0. The first kappa shape index (κ1) is 30.3. The van der Waals surface area contributed by atoms with E-state index in [0.717, 1.165) is 19.3 Å². The Morgan fingerprint density at radius 3 is 1.91 bits per heavy atom. The molecule has 0 radical (unpaired) electrons. The van der Waals surface area contributed by atoms with E-state index in [4.69, 9.17) is 4.74 Å². The first-order chi connectivity index (χ1) is 16.7. The summed E-state index contributed by atoms with van der Waals surface area (Å²) in [5.41, 5.74) is -0.270. The average Bonchev–Trinajstić information content (AvgIpc) is 2.80. The topological polar surface area (TPSA) is 79.1 Å². The number of ether oxygens (including phenoxy) is 1. The molecule has 0 spiro atoms. The summed E-state index contributed by atoms with van der Waals surface area (Å²) < 4.78 is 5.25. The molecule has 35 heavy (non-hydrogen) atoms. The van der Waals surface area contributed by atoms with Crippen LogP contribution in [0.15, 0.2) is 4.99 Å². The molecule has 5 atom stereocenters. The summed E-state index contributed by atoms with van der Waals surface area (Å²) in [6.45, 7) is 10.6. The predicted octanol–water partition coefficient (Wildman–Crippen LogP) is 7.02. The van der Waals surface area contributed by atoms with Crippen molar-refractivity contribution in [1.29, 1.82) is 0 Å². The number of rotatable bonds is 18. The molecule has 5 nitrogen and oxygen atoms in total. The molecule has 0 aliphatic heterocycles. The van der Waals surface area contributed by atoms with Crippen LogP contribution in [-0.2, 0) is 9.53 Å². The van der Waals surface area contributed by atoms with Crippen molar-refractivity contribution in [2.75, 3.05) is 6.61 Å². The molecule has 2 unspecified atom stereocenters. The molecule has 3 rings (SSSR count). The van der Waals surface area contributed by atoms with Gasteiger partial charge in [-0.3, -0.25) is 4.99 Å². The Labute approximate surface area is 215 Å². The van der Waals surface area contributed by atoms with E-state index in [2.05, 4.69) is 25.8 Å². The molecule has 3 aliphatic carbocycles. The highest BCUT2D eigenvalue weighted by molar-refractivity contribution is 5.96. The predicted molar refractivity (Wildman–Crippen MR) is 145 cm³/mol. The van der Waals surface area contributed by atoms with Crippen molar-refractivity contribution >= 4 is 11.7 Å². The van der Waals surface area contributed by atoms with Gasteiger partial charge in [0.25, 0.3) is 0 Å². The molecule has 0 aromatic carbocycles. The van der Waals surface area contributed by atoms with Crippen LogP contribution in [0.4, 0.5) is 0 Å². The number of hydrogen-bond acceptors (Lipinski definition) is 5. The fourth-order valence-electron chi connectivity index (χ4n) is 6.36. The summed E-state index contributed by atoms with van der Waals surface area (Å²) in [6, 6.07) is -0.936. The van der Waals surface area contributed by atoms with Crippen LogP contribution in [0.5, 0.6) is 0 Å². The first-order valence-electron chi connectivity index (χ1n) is 14.8. The van der Waals surface area contributed by atoms with E-state index in [1.165, 1.54) is 70.6 Å². The van der Waals surface area contributed by atoms with Crippen LogP contribution in [0.2, 0.25) is 0 Å². The van der Waals surface area contributed by atoms with Crippen LogP contribution in [0.25, 0.3) is 0 Å². The highest BCUT2D eigenvalue weighted by atomic mass is 16.5. The van der Waals surface area contributed by atoms with Gasteiger partial charge in [-0.25, -0.2) is 4.79 Å².